The summed E-state index contributed by atoms with van der Waals surface area (Å²) >= 11 is 1.33. The Morgan fingerprint density at radius 2 is 1.85 bits per heavy atom. The number of non-ortho nitro benzene ring substituents is 1. The first-order valence-corrected chi connectivity index (χ1v) is 8.67. The molecular formula is C16H17N3O6S. The van der Waals surface area contributed by atoms with Gasteiger partial charge in [-0.3, -0.25) is 19.7 Å². The summed E-state index contributed by atoms with van der Waals surface area (Å²) in [7, 11) is 0. The van der Waals surface area contributed by atoms with E-state index in [0.29, 0.717) is 0 Å². The SMILES string of the molecule is CC1(C)S[C@H]2N(C(=O)[C@]2(C)NC(=O)c2ccc([N+](=O)[O-])cc2)[C@H]1C(=O)O. The van der Waals surface area contributed by atoms with Crippen molar-refractivity contribution in [1.29, 1.82) is 0 Å². The average molecular weight is 379 g/mol. The first-order valence-electron chi connectivity index (χ1n) is 7.79. The highest BCUT2D eigenvalue weighted by atomic mass is 32.2. The third-order valence-corrected chi connectivity index (χ3v) is 6.48. The number of hydrogen-bond acceptors (Lipinski definition) is 6. The summed E-state index contributed by atoms with van der Waals surface area (Å²) in [6.45, 7) is 5.06. The Balaban J connectivity index is 1.80. The van der Waals surface area contributed by atoms with Gasteiger partial charge in [0.1, 0.15) is 17.0 Å². The molecule has 1 aromatic carbocycles. The number of aliphatic carboxylic acids is 1. The van der Waals surface area contributed by atoms with Crippen LogP contribution in [0.4, 0.5) is 5.69 Å². The number of β-lactam (4-membered cyclic amide) rings is 1. The maximum atomic E-state index is 12.6. The van der Waals surface area contributed by atoms with E-state index >= 15 is 0 Å². The molecule has 2 heterocycles. The number of carbonyl (C=O) groups excluding carboxylic acids is 2. The number of hydrogen-bond donors (Lipinski definition) is 2. The maximum Gasteiger partial charge on any atom is 0.327 e. The van der Waals surface area contributed by atoms with Gasteiger partial charge in [0, 0.05) is 22.4 Å². The van der Waals surface area contributed by atoms with Crippen molar-refractivity contribution in [3.63, 3.8) is 0 Å². The molecule has 0 aromatic heterocycles. The average Bonchev–Trinajstić information content (AvgIpc) is 2.84. The molecule has 26 heavy (non-hydrogen) atoms. The van der Waals surface area contributed by atoms with Crippen molar-refractivity contribution in [2.75, 3.05) is 0 Å². The highest BCUT2D eigenvalue weighted by Crippen LogP contribution is 2.54. The molecule has 0 saturated carbocycles. The zero-order chi connectivity index (χ0) is 19.4. The van der Waals surface area contributed by atoms with E-state index in [2.05, 4.69) is 5.32 Å². The summed E-state index contributed by atoms with van der Waals surface area (Å²) in [6.07, 6.45) is 0. The van der Waals surface area contributed by atoms with Crippen molar-refractivity contribution in [2.24, 2.45) is 0 Å². The summed E-state index contributed by atoms with van der Waals surface area (Å²) in [5.74, 6) is -2.09. The molecule has 0 spiro atoms. The van der Waals surface area contributed by atoms with Crippen LogP contribution in [-0.4, -0.2) is 54.4 Å². The summed E-state index contributed by atoms with van der Waals surface area (Å²) < 4.78 is -0.692. The summed E-state index contributed by atoms with van der Waals surface area (Å²) in [5.41, 5.74) is -1.19. The fourth-order valence-electron chi connectivity index (χ4n) is 3.38. The van der Waals surface area contributed by atoms with Gasteiger partial charge in [0.05, 0.1) is 4.92 Å². The highest BCUT2D eigenvalue weighted by Gasteiger charge is 2.70. The molecule has 9 nitrogen and oxygen atoms in total. The molecular weight excluding hydrogens is 362 g/mol. The number of carbonyl (C=O) groups is 3. The topological polar surface area (TPSA) is 130 Å². The molecule has 0 radical (unpaired) electrons. The first kappa shape index (κ1) is 18.2. The molecule has 0 bridgehead atoms. The monoisotopic (exact) mass is 379 g/mol. The van der Waals surface area contributed by atoms with Crippen LogP contribution in [0.2, 0.25) is 0 Å². The predicted octanol–water partition coefficient (Wildman–Crippen LogP) is 1.23. The third kappa shape index (κ3) is 2.52. The van der Waals surface area contributed by atoms with Gasteiger partial charge in [-0.1, -0.05) is 0 Å². The number of rotatable bonds is 4. The van der Waals surface area contributed by atoms with Gasteiger partial charge in [-0.2, -0.15) is 0 Å². The van der Waals surface area contributed by atoms with Gasteiger partial charge in [-0.05, 0) is 32.9 Å². The van der Waals surface area contributed by atoms with Gasteiger partial charge in [0.15, 0.2) is 0 Å². The highest BCUT2D eigenvalue weighted by molar-refractivity contribution is 8.01. The quantitative estimate of drug-likeness (QED) is 0.457. The lowest BCUT2D eigenvalue weighted by Gasteiger charge is -2.51. The molecule has 3 atom stereocenters. The Kier molecular flexibility index (Phi) is 3.98. The second-order valence-corrected chi connectivity index (χ2v) is 8.72. The number of nitrogens with zero attached hydrogens (tertiary/aromatic N) is 2. The number of fused-ring (bicyclic) bond motifs is 1. The number of benzene rings is 1. The third-order valence-electron chi connectivity index (χ3n) is 4.72. The van der Waals surface area contributed by atoms with Crippen LogP contribution in [0, 0.1) is 10.1 Å². The zero-order valence-corrected chi connectivity index (χ0v) is 15.1. The van der Waals surface area contributed by atoms with Gasteiger partial charge in [-0.15, -0.1) is 11.8 Å². The van der Waals surface area contributed by atoms with Crippen LogP contribution in [0.15, 0.2) is 24.3 Å². The Morgan fingerprint density at radius 3 is 2.35 bits per heavy atom. The standard InChI is InChI=1S/C16H17N3O6S/c1-15(2)10(12(21)22)18-13(23)16(3,14(18)26-15)17-11(20)8-4-6-9(7-5-8)19(24)25/h4-7,10,14H,1-3H3,(H,17,20)(H,21,22)/t10-,14+,16-/m0/s1. The minimum atomic E-state index is -1.23. The Morgan fingerprint density at radius 1 is 1.27 bits per heavy atom. The lowest BCUT2D eigenvalue weighted by atomic mass is 9.86. The molecule has 1 aromatic rings. The molecule has 0 aliphatic carbocycles. The second kappa shape index (κ2) is 5.70. The molecule has 138 valence electrons. The van der Waals surface area contributed by atoms with Crippen molar-refractivity contribution in [3.05, 3.63) is 39.9 Å². The molecule has 3 rings (SSSR count). The summed E-state index contributed by atoms with van der Waals surface area (Å²) in [5, 5.41) is 22.3. The van der Waals surface area contributed by atoms with E-state index in [1.165, 1.54) is 40.9 Å². The van der Waals surface area contributed by atoms with Gasteiger partial charge in [0.2, 0.25) is 0 Å². The van der Waals surface area contributed by atoms with Crippen LogP contribution >= 0.6 is 11.8 Å². The molecule has 2 saturated heterocycles. The molecule has 2 fully saturated rings. The predicted molar refractivity (Wildman–Crippen MR) is 92.7 cm³/mol. The summed E-state index contributed by atoms with van der Waals surface area (Å²) in [4.78, 5) is 48.0. The van der Waals surface area contributed by atoms with Crippen LogP contribution in [0.3, 0.4) is 0 Å². The lowest BCUT2D eigenvalue weighted by Crippen LogP contribution is -2.78. The number of nitro groups is 1. The number of nitrogens with one attached hydrogen (secondary N) is 1. The van der Waals surface area contributed by atoms with E-state index in [-0.39, 0.29) is 11.3 Å². The Labute approximate surface area is 152 Å². The number of nitro benzene ring substituents is 1. The molecule has 10 heteroatoms. The fraction of sp³-hybridized carbons (Fsp3) is 0.438. The van der Waals surface area contributed by atoms with Crippen LogP contribution < -0.4 is 5.32 Å². The molecule has 0 unspecified atom stereocenters. The van der Waals surface area contributed by atoms with Crippen molar-refractivity contribution in [3.8, 4) is 0 Å². The van der Waals surface area contributed by atoms with E-state index in [0.717, 1.165) is 0 Å². The Hall–Kier alpha value is -2.62. The largest absolute Gasteiger partial charge is 0.480 e. The fourth-order valence-corrected chi connectivity index (χ4v) is 5.03. The normalized spacial score (nSPS) is 28.9. The number of carboxylic acid groups (broad SMARTS) is 1. The minimum absolute atomic E-state index is 0.143. The number of amides is 2. The minimum Gasteiger partial charge on any atom is -0.480 e. The molecule has 2 aliphatic rings. The zero-order valence-electron chi connectivity index (χ0n) is 14.3. The first-order chi connectivity index (χ1) is 12.0. The summed E-state index contributed by atoms with van der Waals surface area (Å²) in [6, 6.07) is 4.07. The van der Waals surface area contributed by atoms with Crippen LogP contribution in [0.1, 0.15) is 31.1 Å². The van der Waals surface area contributed by atoms with Gasteiger partial charge in [0.25, 0.3) is 17.5 Å². The van der Waals surface area contributed by atoms with Crippen LogP contribution in [0.5, 0.6) is 0 Å². The lowest BCUT2D eigenvalue weighted by molar-refractivity contribution is -0.384. The molecule has 2 N–H and O–H groups in total. The van der Waals surface area contributed by atoms with Crippen LogP contribution in [0.25, 0.3) is 0 Å². The van der Waals surface area contributed by atoms with Gasteiger partial charge >= 0.3 is 5.97 Å². The van der Waals surface area contributed by atoms with Gasteiger partial charge in [-0.25, -0.2) is 4.79 Å². The molecule has 2 aliphatic heterocycles. The Bertz CT molecular complexity index is 824. The maximum absolute atomic E-state index is 12.6. The smallest absolute Gasteiger partial charge is 0.327 e. The van der Waals surface area contributed by atoms with Crippen molar-refractivity contribution >= 4 is 35.2 Å². The number of carboxylic acids is 1. The van der Waals surface area contributed by atoms with E-state index in [9.17, 15) is 29.6 Å². The second-order valence-electron chi connectivity index (χ2n) is 6.99. The van der Waals surface area contributed by atoms with Crippen molar-refractivity contribution in [1.82, 2.24) is 10.2 Å². The van der Waals surface area contributed by atoms with Gasteiger partial charge < -0.3 is 15.3 Å². The van der Waals surface area contributed by atoms with E-state index in [4.69, 9.17) is 0 Å². The van der Waals surface area contributed by atoms with Crippen LogP contribution in [-0.2, 0) is 9.59 Å². The van der Waals surface area contributed by atoms with E-state index in [1.807, 2.05) is 0 Å². The van der Waals surface area contributed by atoms with E-state index < -0.39 is 44.4 Å². The number of thioether (sulfide) groups is 1. The van der Waals surface area contributed by atoms with Crippen molar-refractivity contribution in [2.45, 2.75) is 42.5 Å². The van der Waals surface area contributed by atoms with E-state index in [1.54, 1.807) is 20.8 Å². The van der Waals surface area contributed by atoms with Crippen molar-refractivity contribution < 1.29 is 24.4 Å². The molecule has 2 amide bonds.